The molecule has 5 nitrogen and oxygen atoms in total. The normalized spacial score (nSPS) is 11.8. The summed E-state index contributed by atoms with van der Waals surface area (Å²) < 4.78 is 0. The third-order valence-electron chi connectivity index (χ3n) is 3.92. The molecule has 0 saturated carbocycles. The fraction of sp³-hybridized carbons (Fsp3) is 0.368. The second-order valence-corrected chi connectivity index (χ2v) is 6.99. The highest BCUT2D eigenvalue weighted by Crippen LogP contribution is 2.23. The lowest BCUT2D eigenvalue weighted by Crippen LogP contribution is -2.88. The van der Waals surface area contributed by atoms with Crippen LogP contribution >= 0.6 is 11.3 Å². The number of hydrogen-bond acceptors (Lipinski definition) is 3. The number of hydrazine groups is 1. The van der Waals surface area contributed by atoms with Gasteiger partial charge in [0.05, 0.1) is 4.88 Å². The van der Waals surface area contributed by atoms with Crippen LogP contribution in [0.4, 0.5) is 0 Å². The fourth-order valence-electron chi connectivity index (χ4n) is 2.59. The van der Waals surface area contributed by atoms with Gasteiger partial charge >= 0.3 is 0 Å². The summed E-state index contributed by atoms with van der Waals surface area (Å²) in [6.45, 7) is 3.79. The highest BCUT2D eigenvalue weighted by atomic mass is 32.1. The van der Waals surface area contributed by atoms with E-state index in [1.807, 2.05) is 16.8 Å². The highest BCUT2D eigenvalue weighted by molar-refractivity contribution is 7.10. The van der Waals surface area contributed by atoms with Gasteiger partial charge in [-0.3, -0.25) is 20.4 Å². The number of thiophene rings is 1. The lowest BCUT2D eigenvalue weighted by atomic mass is 10.0. The zero-order valence-electron chi connectivity index (χ0n) is 14.7. The number of benzene rings is 1. The van der Waals surface area contributed by atoms with E-state index in [1.54, 1.807) is 11.3 Å². The molecule has 4 N–H and O–H groups in total. The van der Waals surface area contributed by atoms with E-state index in [-0.39, 0.29) is 24.4 Å². The predicted molar refractivity (Wildman–Crippen MR) is 100.0 cm³/mol. The van der Waals surface area contributed by atoms with Crippen LogP contribution in [0.3, 0.4) is 0 Å². The molecule has 0 spiro atoms. The van der Waals surface area contributed by atoms with Crippen molar-refractivity contribution in [3.63, 3.8) is 0 Å². The van der Waals surface area contributed by atoms with Gasteiger partial charge in [-0.1, -0.05) is 43.7 Å². The van der Waals surface area contributed by atoms with E-state index in [4.69, 9.17) is 0 Å². The molecule has 1 aromatic heterocycles. The molecule has 6 heteroatoms. The van der Waals surface area contributed by atoms with Crippen LogP contribution in [0.25, 0.3) is 0 Å². The number of quaternary nitrogens is 1. The summed E-state index contributed by atoms with van der Waals surface area (Å²) in [6, 6.07) is 12.8. The zero-order chi connectivity index (χ0) is 18.1. The molecule has 1 atom stereocenters. The van der Waals surface area contributed by atoms with Gasteiger partial charge in [-0.2, -0.15) is 0 Å². The van der Waals surface area contributed by atoms with Crippen LogP contribution in [0, 0.1) is 0 Å². The van der Waals surface area contributed by atoms with Crippen LogP contribution in [0.15, 0.2) is 41.8 Å². The molecule has 0 aliphatic rings. The van der Waals surface area contributed by atoms with E-state index in [2.05, 4.69) is 48.1 Å². The zero-order valence-corrected chi connectivity index (χ0v) is 15.6. The first-order valence-electron chi connectivity index (χ1n) is 8.61. The van der Waals surface area contributed by atoms with Crippen LogP contribution in [0.2, 0.25) is 0 Å². The summed E-state index contributed by atoms with van der Waals surface area (Å²) in [6.07, 6.45) is 3.49. The van der Waals surface area contributed by atoms with Crippen molar-refractivity contribution >= 4 is 23.2 Å². The Kier molecular flexibility index (Phi) is 7.63. The molecule has 0 bridgehead atoms. The summed E-state index contributed by atoms with van der Waals surface area (Å²) in [5.74, 6) is -0.512. The maximum absolute atomic E-state index is 11.9. The Bertz CT molecular complexity index is 668. The Balaban J connectivity index is 2.04. The Hall–Kier alpha value is -2.18. The van der Waals surface area contributed by atoms with Crippen molar-refractivity contribution in [2.45, 2.75) is 39.2 Å². The molecule has 1 aromatic carbocycles. The smallest absolute Gasteiger partial charge is 0.293 e. The number of nitrogens with one attached hydrogen (secondary N) is 2. The van der Waals surface area contributed by atoms with Crippen molar-refractivity contribution in [1.29, 1.82) is 0 Å². The quantitative estimate of drug-likeness (QED) is 0.629. The minimum Gasteiger partial charge on any atom is -0.328 e. The van der Waals surface area contributed by atoms with Gasteiger partial charge in [0.2, 0.25) is 5.91 Å². The van der Waals surface area contributed by atoms with Crippen LogP contribution in [-0.2, 0) is 16.0 Å². The highest BCUT2D eigenvalue weighted by Gasteiger charge is 2.20. The van der Waals surface area contributed by atoms with Crippen LogP contribution in [0.1, 0.15) is 48.7 Å². The van der Waals surface area contributed by atoms with Gasteiger partial charge in [-0.15, -0.1) is 11.3 Å². The Morgan fingerprint density at radius 1 is 1.16 bits per heavy atom. The maximum atomic E-state index is 11.9. The molecular formula is C19H26N3O2S+. The molecule has 134 valence electrons. The molecule has 0 aliphatic heterocycles. The first kappa shape index (κ1) is 19.1. The van der Waals surface area contributed by atoms with E-state index in [1.165, 1.54) is 35.8 Å². The number of hydrogen-bond donors (Lipinski definition) is 3. The van der Waals surface area contributed by atoms with Crippen molar-refractivity contribution in [2.75, 3.05) is 6.54 Å². The lowest BCUT2D eigenvalue weighted by molar-refractivity contribution is -0.676. The molecule has 0 radical (unpaired) electrons. The topological polar surface area (TPSA) is 74.8 Å². The third-order valence-corrected chi connectivity index (χ3v) is 4.88. The van der Waals surface area contributed by atoms with Gasteiger partial charge < -0.3 is 5.32 Å². The molecule has 0 fully saturated rings. The summed E-state index contributed by atoms with van der Waals surface area (Å²) in [4.78, 5) is 23.9. The standard InChI is InChI=1S/C19H25N3O2S/c1-3-4-6-15-8-10-16(11-9-15)19(17-7-5-12-25-17)20-13-18(24)22-21-14(2)23/h5,7-12,19-20H,3-4,6,13H2,1-2H3,(H,21,23)(H,22,24)/p+1/t19-/m1/s1. The molecule has 1 heterocycles. The van der Waals surface area contributed by atoms with Gasteiger partial charge in [0.25, 0.3) is 5.91 Å². The van der Waals surface area contributed by atoms with Crippen LogP contribution in [-0.4, -0.2) is 18.4 Å². The van der Waals surface area contributed by atoms with E-state index in [9.17, 15) is 9.59 Å². The summed E-state index contributed by atoms with van der Waals surface area (Å²) in [7, 11) is 0. The third kappa shape index (κ3) is 6.32. The monoisotopic (exact) mass is 360 g/mol. The number of aryl methyl sites for hydroxylation is 1. The van der Waals surface area contributed by atoms with Crippen LogP contribution < -0.4 is 16.2 Å². The summed E-state index contributed by atoms with van der Waals surface area (Å²) >= 11 is 1.68. The molecule has 0 saturated heterocycles. The minimum atomic E-state index is -0.286. The first-order chi connectivity index (χ1) is 12.1. The molecule has 2 amide bonds. The number of carbonyl (C=O) groups excluding carboxylic acids is 2. The number of unbranched alkanes of at least 4 members (excludes halogenated alkanes) is 1. The Morgan fingerprint density at radius 3 is 2.52 bits per heavy atom. The second kappa shape index (κ2) is 9.96. The van der Waals surface area contributed by atoms with E-state index >= 15 is 0 Å². The summed E-state index contributed by atoms with van der Waals surface area (Å²) in [5, 5.41) is 4.03. The van der Waals surface area contributed by atoms with Crippen molar-refractivity contribution in [3.05, 3.63) is 57.8 Å². The van der Waals surface area contributed by atoms with Crippen molar-refractivity contribution in [1.82, 2.24) is 10.9 Å². The lowest BCUT2D eigenvalue weighted by Gasteiger charge is -2.15. The average molecular weight is 361 g/mol. The second-order valence-electron chi connectivity index (χ2n) is 6.01. The van der Waals surface area contributed by atoms with E-state index < -0.39 is 0 Å². The first-order valence-corrected chi connectivity index (χ1v) is 9.49. The number of rotatable bonds is 8. The van der Waals surface area contributed by atoms with Crippen molar-refractivity contribution < 1.29 is 14.9 Å². The predicted octanol–water partition coefficient (Wildman–Crippen LogP) is 1.91. The van der Waals surface area contributed by atoms with Gasteiger partial charge in [0.15, 0.2) is 6.54 Å². The molecule has 0 unspecified atom stereocenters. The fourth-order valence-corrected chi connectivity index (χ4v) is 3.44. The van der Waals surface area contributed by atoms with Crippen molar-refractivity contribution in [3.8, 4) is 0 Å². The molecular weight excluding hydrogens is 334 g/mol. The number of carbonyl (C=O) groups is 2. The molecule has 25 heavy (non-hydrogen) atoms. The van der Waals surface area contributed by atoms with Crippen molar-refractivity contribution in [2.24, 2.45) is 0 Å². The SMILES string of the molecule is CCCCc1ccc([C@@H]([NH2+]CC(=O)NNC(C)=O)c2cccs2)cc1. The molecule has 0 aliphatic carbocycles. The van der Waals surface area contributed by atoms with Crippen LogP contribution in [0.5, 0.6) is 0 Å². The maximum Gasteiger partial charge on any atom is 0.293 e. The van der Waals surface area contributed by atoms with Gasteiger partial charge in [-0.25, -0.2) is 0 Å². The number of nitrogens with two attached hydrogens (primary N) is 1. The molecule has 2 rings (SSSR count). The van der Waals surface area contributed by atoms with Gasteiger partial charge in [-0.05, 0) is 29.9 Å². The largest absolute Gasteiger partial charge is 0.328 e. The van der Waals surface area contributed by atoms with Gasteiger partial charge in [0.1, 0.15) is 6.04 Å². The minimum absolute atomic E-state index is 0.0725. The van der Waals surface area contributed by atoms with Gasteiger partial charge in [0, 0.05) is 12.5 Å². The van der Waals surface area contributed by atoms with E-state index in [0.29, 0.717) is 0 Å². The molecule has 2 aromatic rings. The summed E-state index contributed by atoms with van der Waals surface area (Å²) in [5.41, 5.74) is 7.24. The number of amides is 2. The average Bonchev–Trinajstić information content (AvgIpc) is 3.13. The van der Waals surface area contributed by atoms with E-state index in [0.717, 1.165) is 6.42 Å². The Morgan fingerprint density at radius 2 is 1.92 bits per heavy atom. The Labute approximate surface area is 152 Å².